The van der Waals surface area contributed by atoms with Gasteiger partial charge in [0.1, 0.15) is 5.54 Å². The number of unbranched alkanes of at least 4 members (excludes halogenated alkanes) is 3. The van der Waals surface area contributed by atoms with Crippen LogP contribution in [-0.4, -0.2) is 34.8 Å². The molecule has 2 rings (SSSR count). The normalized spacial score (nSPS) is 22.2. The lowest BCUT2D eigenvalue weighted by atomic mass is 9.84. The van der Waals surface area contributed by atoms with E-state index < -0.39 is 5.54 Å². The topological polar surface area (TPSA) is 49.4 Å². The van der Waals surface area contributed by atoms with E-state index >= 15 is 0 Å². The van der Waals surface area contributed by atoms with E-state index in [4.69, 9.17) is 11.6 Å². The van der Waals surface area contributed by atoms with Crippen molar-refractivity contribution in [1.82, 2.24) is 10.2 Å². The first-order valence-corrected chi connectivity index (χ1v) is 8.93. The fraction of sp³-hybridized carbons (Fsp3) is 0.875. The molecule has 0 aromatic carbocycles. The number of halogens is 1. The predicted octanol–water partition coefficient (Wildman–Crippen LogP) is 3.82. The maximum absolute atomic E-state index is 12.7. The molecular weight excluding hydrogens is 288 g/mol. The Kier molecular flexibility index (Phi) is 6.34. The quantitative estimate of drug-likeness (QED) is 0.460. The van der Waals surface area contributed by atoms with Crippen molar-refractivity contribution in [3.05, 3.63) is 0 Å². The Bertz CT molecular complexity index is 365. The molecule has 1 aliphatic carbocycles. The smallest absolute Gasteiger partial charge is 0.323 e. The first kappa shape index (κ1) is 16.6. The zero-order chi connectivity index (χ0) is 15.1. The molecule has 0 unspecified atom stereocenters. The van der Waals surface area contributed by atoms with Crippen LogP contribution in [0.1, 0.15) is 70.6 Å². The lowest BCUT2D eigenvalue weighted by Crippen LogP contribution is -2.47. The van der Waals surface area contributed by atoms with Crippen molar-refractivity contribution in [1.29, 1.82) is 0 Å². The van der Waals surface area contributed by atoms with Crippen molar-refractivity contribution in [3.63, 3.8) is 0 Å². The van der Waals surface area contributed by atoms with Crippen molar-refractivity contribution in [2.75, 3.05) is 12.4 Å². The van der Waals surface area contributed by atoms with E-state index in [0.717, 1.165) is 51.4 Å². The first-order chi connectivity index (χ1) is 10.2. The van der Waals surface area contributed by atoms with Gasteiger partial charge in [0.05, 0.1) is 0 Å². The Labute approximate surface area is 132 Å². The third-order valence-corrected chi connectivity index (χ3v) is 4.99. The summed E-state index contributed by atoms with van der Waals surface area (Å²) in [4.78, 5) is 26.3. The summed E-state index contributed by atoms with van der Waals surface area (Å²) in [6.07, 6.45) is 11.3. The van der Waals surface area contributed by atoms with Gasteiger partial charge in [0.2, 0.25) is 0 Å². The minimum atomic E-state index is -0.590. The second-order valence-electron chi connectivity index (χ2n) is 6.34. The molecule has 1 N–H and O–H groups in total. The summed E-state index contributed by atoms with van der Waals surface area (Å²) in [5.41, 5.74) is -0.590. The fourth-order valence-corrected chi connectivity index (χ4v) is 3.63. The summed E-state index contributed by atoms with van der Waals surface area (Å²) in [5.74, 6) is 0.707. The number of carbonyl (C=O) groups is 2. The number of carbonyl (C=O) groups excluding carboxylic acids is 2. The van der Waals surface area contributed by atoms with Gasteiger partial charge < -0.3 is 5.32 Å². The van der Waals surface area contributed by atoms with Gasteiger partial charge in [-0.2, -0.15) is 0 Å². The average Bonchev–Trinajstić information content (AvgIpc) is 2.67. The summed E-state index contributed by atoms with van der Waals surface area (Å²) in [7, 11) is 0. The van der Waals surface area contributed by atoms with E-state index in [9.17, 15) is 9.59 Å². The van der Waals surface area contributed by atoms with Crippen molar-refractivity contribution in [2.24, 2.45) is 0 Å². The van der Waals surface area contributed by atoms with Crippen LogP contribution in [0.25, 0.3) is 0 Å². The Hall–Kier alpha value is -0.770. The lowest BCUT2D eigenvalue weighted by molar-refractivity contribution is -0.132. The molecule has 1 aliphatic heterocycles. The second-order valence-corrected chi connectivity index (χ2v) is 6.72. The van der Waals surface area contributed by atoms with E-state index in [-0.39, 0.29) is 11.9 Å². The van der Waals surface area contributed by atoms with Gasteiger partial charge in [0, 0.05) is 12.4 Å². The molecule has 0 atom stereocenters. The minimum Gasteiger partial charge on any atom is -0.323 e. The van der Waals surface area contributed by atoms with Crippen LogP contribution in [0.15, 0.2) is 0 Å². The molecule has 0 bridgehead atoms. The van der Waals surface area contributed by atoms with Crippen LogP contribution in [0, 0.1) is 0 Å². The molecular formula is C16H27ClN2O2. The summed E-state index contributed by atoms with van der Waals surface area (Å²) < 4.78 is 0. The van der Waals surface area contributed by atoms with Crippen LogP contribution in [0.5, 0.6) is 0 Å². The van der Waals surface area contributed by atoms with Crippen LogP contribution in [0.4, 0.5) is 4.79 Å². The summed E-state index contributed by atoms with van der Waals surface area (Å²) in [6, 6.07) is -0.182. The van der Waals surface area contributed by atoms with Crippen LogP contribution in [-0.2, 0) is 4.79 Å². The number of urea groups is 1. The number of amides is 3. The van der Waals surface area contributed by atoms with Gasteiger partial charge in [-0.25, -0.2) is 4.79 Å². The largest absolute Gasteiger partial charge is 0.325 e. The van der Waals surface area contributed by atoms with Crippen LogP contribution >= 0.6 is 11.6 Å². The Balaban J connectivity index is 1.88. The number of nitrogens with one attached hydrogen (secondary N) is 1. The highest BCUT2D eigenvalue weighted by Crippen LogP contribution is 2.32. The van der Waals surface area contributed by atoms with Gasteiger partial charge in [-0.15, -0.1) is 11.6 Å². The van der Waals surface area contributed by atoms with Gasteiger partial charge in [0.15, 0.2) is 0 Å². The molecule has 120 valence electrons. The van der Waals surface area contributed by atoms with Gasteiger partial charge in [-0.05, 0) is 25.7 Å². The molecule has 3 amide bonds. The van der Waals surface area contributed by atoms with Crippen LogP contribution in [0.2, 0.25) is 0 Å². The SMILES string of the molecule is O=C1NC2(CCCCCCC2)C(=O)N1CCCCCCCl. The Morgan fingerprint density at radius 3 is 2.24 bits per heavy atom. The molecule has 1 saturated heterocycles. The number of alkyl halides is 1. The van der Waals surface area contributed by atoms with E-state index in [1.165, 1.54) is 24.2 Å². The number of imide groups is 1. The summed E-state index contributed by atoms with van der Waals surface area (Å²) >= 11 is 5.65. The molecule has 5 heteroatoms. The molecule has 21 heavy (non-hydrogen) atoms. The zero-order valence-electron chi connectivity index (χ0n) is 12.8. The highest BCUT2D eigenvalue weighted by Gasteiger charge is 2.49. The fourth-order valence-electron chi connectivity index (χ4n) is 3.45. The molecule has 2 aliphatic rings. The zero-order valence-corrected chi connectivity index (χ0v) is 13.6. The monoisotopic (exact) mass is 314 g/mol. The molecule has 0 radical (unpaired) electrons. The molecule has 4 nitrogen and oxygen atoms in total. The number of nitrogens with zero attached hydrogens (tertiary/aromatic N) is 1. The van der Waals surface area contributed by atoms with Gasteiger partial charge in [0.25, 0.3) is 5.91 Å². The van der Waals surface area contributed by atoms with Crippen molar-refractivity contribution in [3.8, 4) is 0 Å². The maximum Gasteiger partial charge on any atom is 0.325 e. The van der Waals surface area contributed by atoms with Crippen molar-refractivity contribution < 1.29 is 9.59 Å². The molecule has 1 spiro atoms. The third kappa shape index (κ3) is 4.12. The highest BCUT2D eigenvalue weighted by molar-refractivity contribution is 6.17. The first-order valence-electron chi connectivity index (χ1n) is 8.40. The average molecular weight is 315 g/mol. The van der Waals surface area contributed by atoms with Gasteiger partial charge >= 0.3 is 6.03 Å². The Morgan fingerprint density at radius 1 is 0.952 bits per heavy atom. The van der Waals surface area contributed by atoms with Crippen LogP contribution < -0.4 is 5.32 Å². The number of rotatable bonds is 6. The summed E-state index contributed by atoms with van der Waals surface area (Å²) in [6.45, 7) is 0.550. The molecule has 0 aromatic heterocycles. The van der Waals surface area contributed by atoms with Crippen molar-refractivity contribution >= 4 is 23.5 Å². The molecule has 2 fully saturated rings. The highest BCUT2D eigenvalue weighted by atomic mass is 35.5. The van der Waals surface area contributed by atoms with Crippen molar-refractivity contribution in [2.45, 2.75) is 76.2 Å². The number of hydrogen-bond acceptors (Lipinski definition) is 2. The van der Waals surface area contributed by atoms with Crippen LogP contribution in [0.3, 0.4) is 0 Å². The van der Waals surface area contributed by atoms with E-state index in [1.807, 2.05) is 0 Å². The maximum atomic E-state index is 12.7. The van der Waals surface area contributed by atoms with E-state index in [2.05, 4.69) is 5.32 Å². The third-order valence-electron chi connectivity index (χ3n) is 4.72. The lowest BCUT2D eigenvalue weighted by Gasteiger charge is -2.28. The summed E-state index contributed by atoms with van der Waals surface area (Å²) in [5, 5.41) is 3.01. The second kappa shape index (κ2) is 8.02. The van der Waals surface area contributed by atoms with Gasteiger partial charge in [-0.1, -0.05) is 44.9 Å². The van der Waals surface area contributed by atoms with E-state index in [1.54, 1.807) is 0 Å². The van der Waals surface area contributed by atoms with Gasteiger partial charge in [-0.3, -0.25) is 9.69 Å². The standard InChI is InChI=1S/C16H27ClN2O2/c17-12-8-4-5-9-13-19-14(20)16(18-15(19)21)10-6-2-1-3-7-11-16/h1-13H2,(H,18,21). The molecule has 1 saturated carbocycles. The Morgan fingerprint density at radius 2 is 1.57 bits per heavy atom. The van der Waals surface area contributed by atoms with E-state index in [0.29, 0.717) is 12.4 Å². The molecule has 1 heterocycles. The number of hydrogen-bond donors (Lipinski definition) is 1. The molecule has 0 aromatic rings. The predicted molar refractivity (Wildman–Crippen MR) is 84.5 cm³/mol. The minimum absolute atomic E-state index is 0.0201.